The van der Waals surface area contributed by atoms with Gasteiger partial charge in [0.15, 0.2) is 11.6 Å². The minimum absolute atomic E-state index is 0.410. The van der Waals surface area contributed by atoms with Crippen molar-refractivity contribution in [3.8, 4) is 0 Å². The van der Waals surface area contributed by atoms with Crippen LogP contribution in [-0.2, 0) is 6.42 Å². The SMILES string of the molecule is CCNCCC1(CCc2ccc(F)c(F)c2)CCCC1. The van der Waals surface area contributed by atoms with Gasteiger partial charge in [-0.1, -0.05) is 25.8 Å². The fourth-order valence-electron chi connectivity index (χ4n) is 3.38. The van der Waals surface area contributed by atoms with Gasteiger partial charge in [0.2, 0.25) is 0 Å². The van der Waals surface area contributed by atoms with Gasteiger partial charge in [-0.05, 0) is 68.3 Å². The lowest BCUT2D eigenvalue weighted by Gasteiger charge is -2.29. The standard InChI is InChI=1S/C17H25F2N/c1-2-20-12-11-17(8-3-4-9-17)10-7-14-5-6-15(18)16(19)13-14/h5-6,13,20H,2-4,7-12H2,1H3. The molecule has 1 fully saturated rings. The molecule has 0 saturated heterocycles. The first-order valence-corrected chi connectivity index (χ1v) is 7.80. The van der Waals surface area contributed by atoms with Gasteiger partial charge in [0.1, 0.15) is 0 Å². The second kappa shape index (κ2) is 7.16. The van der Waals surface area contributed by atoms with Crippen molar-refractivity contribution in [1.29, 1.82) is 0 Å². The Hall–Kier alpha value is -0.960. The number of hydrogen-bond donors (Lipinski definition) is 1. The Balaban J connectivity index is 1.92. The molecule has 0 aromatic heterocycles. The van der Waals surface area contributed by atoms with Crippen molar-refractivity contribution in [2.75, 3.05) is 13.1 Å². The van der Waals surface area contributed by atoms with Crippen LogP contribution in [0.2, 0.25) is 0 Å². The van der Waals surface area contributed by atoms with Gasteiger partial charge in [-0.2, -0.15) is 0 Å². The lowest BCUT2D eigenvalue weighted by Crippen LogP contribution is -2.25. The summed E-state index contributed by atoms with van der Waals surface area (Å²) >= 11 is 0. The third kappa shape index (κ3) is 4.02. The normalized spacial score (nSPS) is 17.6. The van der Waals surface area contributed by atoms with E-state index in [4.69, 9.17) is 0 Å². The Morgan fingerprint density at radius 2 is 1.85 bits per heavy atom. The monoisotopic (exact) mass is 281 g/mol. The highest BCUT2D eigenvalue weighted by atomic mass is 19.2. The predicted octanol–water partition coefficient (Wildman–Crippen LogP) is 4.46. The zero-order valence-electron chi connectivity index (χ0n) is 12.4. The van der Waals surface area contributed by atoms with Crippen LogP contribution in [-0.4, -0.2) is 13.1 Å². The van der Waals surface area contributed by atoms with Crippen molar-refractivity contribution in [3.63, 3.8) is 0 Å². The first kappa shape index (κ1) is 15.4. The highest BCUT2D eigenvalue weighted by molar-refractivity contribution is 5.18. The lowest BCUT2D eigenvalue weighted by molar-refractivity contribution is 0.246. The number of benzene rings is 1. The van der Waals surface area contributed by atoms with Gasteiger partial charge in [-0.25, -0.2) is 8.78 Å². The summed E-state index contributed by atoms with van der Waals surface area (Å²) in [7, 11) is 0. The van der Waals surface area contributed by atoms with Gasteiger partial charge in [-0.15, -0.1) is 0 Å². The molecule has 1 aromatic carbocycles. The maximum absolute atomic E-state index is 13.2. The van der Waals surface area contributed by atoms with Gasteiger partial charge in [-0.3, -0.25) is 0 Å². The molecular weight excluding hydrogens is 256 g/mol. The highest BCUT2D eigenvalue weighted by Crippen LogP contribution is 2.44. The minimum Gasteiger partial charge on any atom is -0.317 e. The molecule has 0 aliphatic heterocycles. The molecule has 0 bridgehead atoms. The third-order valence-electron chi connectivity index (χ3n) is 4.67. The van der Waals surface area contributed by atoms with Crippen LogP contribution in [0, 0.1) is 17.0 Å². The fourth-order valence-corrected chi connectivity index (χ4v) is 3.38. The maximum atomic E-state index is 13.2. The van der Waals surface area contributed by atoms with Crippen molar-refractivity contribution < 1.29 is 8.78 Å². The summed E-state index contributed by atoms with van der Waals surface area (Å²) in [4.78, 5) is 0. The third-order valence-corrected chi connectivity index (χ3v) is 4.67. The lowest BCUT2D eigenvalue weighted by atomic mass is 9.77. The second-order valence-corrected chi connectivity index (χ2v) is 6.06. The van der Waals surface area contributed by atoms with Crippen LogP contribution in [0.15, 0.2) is 18.2 Å². The summed E-state index contributed by atoms with van der Waals surface area (Å²) < 4.78 is 26.2. The maximum Gasteiger partial charge on any atom is 0.159 e. The molecule has 2 rings (SSSR count). The second-order valence-electron chi connectivity index (χ2n) is 6.06. The molecule has 0 radical (unpaired) electrons. The van der Waals surface area contributed by atoms with E-state index in [1.54, 1.807) is 6.07 Å². The Morgan fingerprint density at radius 1 is 1.10 bits per heavy atom. The van der Waals surface area contributed by atoms with E-state index < -0.39 is 11.6 Å². The van der Waals surface area contributed by atoms with Crippen LogP contribution < -0.4 is 5.32 Å². The summed E-state index contributed by atoms with van der Waals surface area (Å²) in [5, 5.41) is 3.41. The van der Waals surface area contributed by atoms with Crippen LogP contribution in [0.4, 0.5) is 8.78 Å². The van der Waals surface area contributed by atoms with Crippen molar-refractivity contribution >= 4 is 0 Å². The van der Waals surface area contributed by atoms with E-state index in [1.807, 2.05) is 0 Å². The number of halogens is 2. The molecule has 1 aromatic rings. The summed E-state index contributed by atoms with van der Waals surface area (Å²) in [5.74, 6) is -1.48. The van der Waals surface area contributed by atoms with Gasteiger partial charge in [0.25, 0.3) is 0 Å². The number of rotatable bonds is 7. The van der Waals surface area contributed by atoms with Crippen LogP contribution in [0.1, 0.15) is 51.0 Å². The Kier molecular flexibility index (Phi) is 5.53. The van der Waals surface area contributed by atoms with Gasteiger partial charge < -0.3 is 5.32 Å². The summed E-state index contributed by atoms with van der Waals surface area (Å²) in [6.45, 7) is 4.20. The quantitative estimate of drug-likeness (QED) is 0.728. The van der Waals surface area contributed by atoms with E-state index in [1.165, 1.54) is 44.2 Å². The fraction of sp³-hybridized carbons (Fsp3) is 0.647. The van der Waals surface area contributed by atoms with E-state index in [-0.39, 0.29) is 0 Å². The molecule has 1 aliphatic carbocycles. The Morgan fingerprint density at radius 3 is 2.50 bits per heavy atom. The topological polar surface area (TPSA) is 12.0 Å². The van der Waals surface area contributed by atoms with Crippen molar-refractivity contribution in [1.82, 2.24) is 5.32 Å². The van der Waals surface area contributed by atoms with E-state index >= 15 is 0 Å². The zero-order chi connectivity index (χ0) is 14.4. The molecule has 0 heterocycles. The highest BCUT2D eigenvalue weighted by Gasteiger charge is 2.32. The largest absolute Gasteiger partial charge is 0.317 e. The Labute approximate surface area is 120 Å². The molecule has 0 amide bonds. The van der Waals surface area contributed by atoms with E-state index in [0.29, 0.717) is 5.41 Å². The van der Waals surface area contributed by atoms with Crippen LogP contribution in [0.5, 0.6) is 0 Å². The molecule has 0 spiro atoms. The molecule has 1 saturated carbocycles. The molecule has 3 heteroatoms. The number of aryl methyl sites for hydroxylation is 1. The molecule has 1 nitrogen and oxygen atoms in total. The molecule has 0 atom stereocenters. The van der Waals surface area contributed by atoms with Crippen molar-refractivity contribution in [2.45, 2.75) is 51.9 Å². The van der Waals surface area contributed by atoms with Crippen LogP contribution in [0.25, 0.3) is 0 Å². The Bertz CT molecular complexity index is 425. The summed E-state index contributed by atoms with van der Waals surface area (Å²) in [6.07, 6.45) is 8.31. The molecule has 1 aliphatic rings. The van der Waals surface area contributed by atoms with Crippen LogP contribution >= 0.6 is 0 Å². The van der Waals surface area contributed by atoms with E-state index in [2.05, 4.69) is 12.2 Å². The average Bonchev–Trinajstić information content (AvgIpc) is 2.90. The zero-order valence-corrected chi connectivity index (χ0v) is 12.4. The molecule has 112 valence electrons. The van der Waals surface area contributed by atoms with Crippen LogP contribution in [0.3, 0.4) is 0 Å². The number of nitrogens with one attached hydrogen (secondary N) is 1. The molecular formula is C17H25F2N. The van der Waals surface area contributed by atoms with Gasteiger partial charge in [0, 0.05) is 0 Å². The van der Waals surface area contributed by atoms with E-state index in [0.717, 1.165) is 31.5 Å². The number of hydrogen-bond acceptors (Lipinski definition) is 1. The first-order chi connectivity index (χ1) is 9.65. The first-order valence-electron chi connectivity index (χ1n) is 7.80. The van der Waals surface area contributed by atoms with Crippen molar-refractivity contribution in [3.05, 3.63) is 35.4 Å². The van der Waals surface area contributed by atoms with Gasteiger partial charge >= 0.3 is 0 Å². The van der Waals surface area contributed by atoms with Crippen molar-refractivity contribution in [2.24, 2.45) is 5.41 Å². The molecule has 0 unspecified atom stereocenters. The molecule has 20 heavy (non-hydrogen) atoms. The summed E-state index contributed by atoms with van der Waals surface area (Å²) in [5.41, 5.74) is 1.33. The summed E-state index contributed by atoms with van der Waals surface area (Å²) in [6, 6.07) is 4.30. The smallest absolute Gasteiger partial charge is 0.159 e. The molecule has 1 N–H and O–H groups in total. The van der Waals surface area contributed by atoms with Gasteiger partial charge in [0.05, 0.1) is 0 Å². The predicted molar refractivity (Wildman–Crippen MR) is 78.7 cm³/mol. The average molecular weight is 281 g/mol. The van der Waals surface area contributed by atoms with E-state index in [9.17, 15) is 8.78 Å². The minimum atomic E-state index is -0.753.